The Kier molecular flexibility index (Phi) is 6.69. The molecule has 0 saturated heterocycles. The van der Waals surface area contributed by atoms with Crippen molar-refractivity contribution in [2.75, 3.05) is 6.79 Å². The summed E-state index contributed by atoms with van der Waals surface area (Å²) in [5.41, 5.74) is 8.79. The lowest BCUT2D eigenvalue weighted by molar-refractivity contribution is 0.174. The number of aromatic nitrogens is 3. The molecule has 5 rings (SSSR count). The fourth-order valence-electron chi connectivity index (χ4n) is 2.85. The van der Waals surface area contributed by atoms with E-state index >= 15 is 0 Å². The van der Waals surface area contributed by atoms with Gasteiger partial charge in [0.1, 0.15) is 11.6 Å². The number of benzene rings is 2. The van der Waals surface area contributed by atoms with E-state index in [1.165, 1.54) is 35.2 Å². The maximum atomic E-state index is 14.2. The van der Waals surface area contributed by atoms with Crippen LogP contribution in [0.2, 0.25) is 0 Å². The van der Waals surface area contributed by atoms with Gasteiger partial charge in [-0.2, -0.15) is 0 Å². The Hall–Kier alpha value is -3.00. The van der Waals surface area contributed by atoms with E-state index in [-0.39, 0.29) is 11.9 Å². The van der Waals surface area contributed by atoms with Crippen LogP contribution in [0.4, 0.5) is 8.78 Å². The van der Waals surface area contributed by atoms with E-state index in [1.807, 2.05) is 23.6 Å². The lowest BCUT2D eigenvalue weighted by Crippen LogP contribution is -2.34. The molecule has 0 bridgehead atoms. The van der Waals surface area contributed by atoms with Gasteiger partial charge in [0.2, 0.25) is 11.8 Å². The van der Waals surface area contributed by atoms with Crippen molar-refractivity contribution in [2.45, 2.75) is 10.9 Å². The number of thiazole rings is 1. The predicted octanol–water partition coefficient (Wildman–Crippen LogP) is 3.45. The Morgan fingerprint density at radius 1 is 1.19 bits per heavy atom. The number of hydrogen-bond acceptors (Lipinski definition) is 8. The van der Waals surface area contributed by atoms with Crippen molar-refractivity contribution in [3.05, 3.63) is 59.0 Å². The van der Waals surface area contributed by atoms with Gasteiger partial charge in [0.05, 0.1) is 5.69 Å². The minimum absolute atomic E-state index is 0.116. The van der Waals surface area contributed by atoms with Gasteiger partial charge in [0, 0.05) is 22.8 Å². The molecule has 5 N–H and O–H groups in total. The molecule has 2 aromatic heterocycles. The van der Waals surface area contributed by atoms with Crippen LogP contribution in [0, 0.1) is 11.6 Å². The van der Waals surface area contributed by atoms with E-state index in [0.29, 0.717) is 27.1 Å². The third-order valence-corrected chi connectivity index (χ3v) is 6.21. The molecule has 0 saturated carbocycles. The summed E-state index contributed by atoms with van der Waals surface area (Å²) in [6.45, 7) is 0.234. The first-order valence-electron chi connectivity index (χ1n) is 9.01. The molecule has 1 aliphatic heterocycles. The molecule has 0 radical (unpaired) electrons. The maximum absolute atomic E-state index is 14.2. The highest BCUT2D eigenvalue weighted by Gasteiger charge is 2.18. The number of nitrogens with zero attached hydrogens (tertiary/aromatic N) is 3. The molecule has 0 atom stereocenters. The van der Waals surface area contributed by atoms with Crippen LogP contribution >= 0.6 is 35.3 Å². The molecule has 32 heavy (non-hydrogen) atoms. The Labute approximate surface area is 194 Å². The summed E-state index contributed by atoms with van der Waals surface area (Å²) in [6.07, 6.45) is 0. The number of thioether (sulfide) groups is 1. The standard InChI is InChI=1S/C18H11F2N3O2S2.CH5N3S/c19-11-2-3-12(13(20)6-11)14-8-27-18-22-21-17(23(14)18)26-7-10-1-4-15-16(5-10)25-9-24-15;2-1(5)4-3/h1-6,8H,7,9H2;3H2,(H3,2,4,5). The average Bonchev–Trinajstić information content (AvgIpc) is 3.49. The van der Waals surface area contributed by atoms with Crippen LogP contribution in [0.15, 0.2) is 46.9 Å². The molecule has 3 heterocycles. The summed E-state index contributed by atoms with van der Waals surface area (Å²) in [5, 5.41) is 10.9. The fraction of sp³-hybridized carbons (Fsp3) is 0.105. The van der Waals surface area contributed by atoms with Gasteiger partial charge in [-0.25, -0.2) is 14.6 Å². The second-order valence-electron chi connectivity index (χ2n) is 6.33. The number of halogens is 2. The molecule has 0 spiro atoms. The van der Waals surface area contributed by atoms with Crippen molar-refractivity contribution in [3.8, 4) is 22.8 Å². The van der Waals surface area contributed by atoms with Crippen molar-refractivity contribution in [2.24, 2.45) is 11.6 Å². The summed E-state index contributed by atoms with van der Waals surface area (Å²) in [5.74, 6) is 5.53. The van der Waals surface area contributed by atoms with Crippen LogP contribution in [-0.2, 0) is 5.75 Å². The van der Waals surface area contributed by atoms with E-state index in [9.17, 15) is 8.78 Å². The van der Waals surface area contributed by atoms with Gasteiger partial charge in [-0.3, -0.25) is 4.40 Å². The maximum Gasteiger partial charge on any atom is 0.231 e. The van der Waals surface area contributed by atoms with E-state index in [0.717, 1.165) is 23.1 Å². The highest BCUT2D eigenvalue weighted by Crippen LogP contribution is 2.36. The molecule has 2 aromatic carbocycles. The Morgan fingerprint density at radius 3 is 2.72 bits per heavy atom. The number of fused-ring (bicyclic) bond motifs is 2. The Bertz CT molecular complexity index is 1280. The van der Waals surface area contributed by atoms with Gasteiger partial charge in [-0.15, -0.1) is 21.5 Å². The zero-order valence-electron chi connectivity index (χ0n) is 16.2. The number of hydrogen-bond donors (Lipinski definition) is 3. The van der Waals surface area contributed by atoms with Crippen LogP contribution in [-0.4, -0.2) is 26.5 Å². The number of nitrogens with one attached hydrogen (secondary N) is 1. The number of hydrazine groups is 1. The van der Waals surface area contributed by atoms with E-state index < -0.39 is 11.6 Å². The first-order chi connectivity index (χ1) is 15.5. The first-order valence-corrected chi connectivity index (χ1v) is 11.3. The Balaban J connectivity index is 0.000000444. The lowest BCUT2D eigenvalue weighted by Gasteiger charge is -2.05. The van der Waals surface area contributed by atoms with Crippen molar-refractivity contribution in [1.82, 2.24) is 20.0 Å². The molecule has 166 valence electrons. The van der Waals surface area contributed by atoms with Crippen LogP contribution in [0.25, 0.3) is 16.2 Å². The quantitative estimate of drug-likeness (QED) is 0.170. The molecule has 13 heteroatoms. The van der Waals surface area contributed by atoms with E-state index in [1.54, 1.807) is 9.78 Å². The summed E-state index contributed by atoms with van der Waals surface area (Å²) < 4.78 is 40.0. The van der Waals surface area contributed by atoms with Crippen LogP contribution in [0.1, 0.15) is 5.56 Å². The van der Waals surface area contributed by atoms with Crippen LogP contribution < -0.4 is 26.5 Å². The molecule has 4 aromatic rings. The number of rotatable bonds is 4. The van der Waals surface area contributed by atoms with Crippen molar-refractivity contribution in [1.29, 1.82) is 0 Å². The molecule has 0 amide bonds. The molecule has 0 fully saturated rings. The minimum atomic E-state index is -0.616. The molecule has 0 unspecified atom stereocenters. The van der Waals surface area contributed by atoms with Crippen molar-refractivity contribution < 1.29 is 18.3 Å². The Morgan fingerprint density at radius 2 is 1.97 bits per heavy atom. The van der Waals surface area contributed by atoms with Gasteiger partial charge < -0.3 is 20.6 Å². The van der Waals surface area contributed by atoms with Crippen molar-refractivity contribution >= 4 is 45.4 Å². The summed E-state index contributed by atoms with van der Waals surface area (Å²) >= 11 is 7.08. The van der Waals surface area contributed by atoms with Crippen molar-refractivity contribution in [3.63, 3.8) is 0 Å². The molecule has 0 aliphatic carbocycles. The molecular weight excluding hydrogens is 478 g/mol. The highest BCUT2D eigenvalue weighted by molar-refractivity contribution is 7.98. The summed E-state index contributed by atoms with van der Waals surface area (Å²) in [6, 6.07) is 9.32. The van der Waals surface area contributed by atoms with E-state index in [4.69, 9.17) is 15.2 Å². The second-order valence-corrected chi connectivity index (χ2v) is 8.55. The van der Waals surface area contributed by atoms with Crippen LogP contribution in [0.5, 0.6) is 11.5 Å². The minimum Gasteiger partial charge on any atom is -0.454 e. The number of ether oxygens (including phenoxy) is 2. The van der Waals surface area contributed by atoms with Gasteiger partial charge in [-0.1, -0.05) is 17.8 Å². The zero-order chi connectivity index (χ0) is 22.7. The van der Waals surface area contributed by atoms with Crippen LogP contribution in [0.3, 0.4) is 0 Å². The van der Waals surface area contributed by atoms with Gasteiger partial charge in [0.15, 0.2) is 21.8 Å². The lowest BCUT2D eigenvalue weighted by atomic mass is 10.1. The van der Waals surface area contributed by atoms with E-state index in [2.05, 4.69) is 28.3 Å². The second kappa shape index (κ2) is 9.65. The zero-order valence-corrected chi connectivity index (χ0v) is 18.7. The molecule has 1 aliphatic rings. The van der Waals surface area contributed by atoms with Gasteiger partial charge in [-0.05, 0) is 42.0 Å². The SMILES string of the molecule is Fc1ccc(-c2csc3nnc(SCc4ccc5c(c4)OCO5)n23)c(F)c1.NNC(N)=S. The largest absolute Gasteiger partial charge is 0.454 e. The monoisotopic (exact) mass is 494 g/mol. The smallest absolute Gasteiger partial charge is 0.231 e. The fourth-order valence-corrected chi connectivity index (χ4v) is 4.63. The summed E-state index contributed by atoms with van der Waals surface area (Å²) in [4.78, 5) is 0.655. The third-order valence-electron chi connectivity index (χ3n) is 4.27. The normalized spacial score (nSPS) is 11.8. The number of thiocarbonyl (C=S) groups is 1. The molecule has 8 nitrogen and oxygen atoms in total. The topological polar surface area (TPSA) is 113 Å². The first kappa shape index (κ1) is 22.2. The summed E-state index contributed by atoms with van der Waals surface area (Å²) in [7, 11) is 0. The predicted molar refractivity (Wildman–Crippen MR) is 122 cm³/mol. The average molecular weight is 495 g/mol. The highest BCUT2D eigenvalue weighted by atomic mass is 32.2. The number of nitrogens with two attached hydrogens (primary N) is 2. The molecular formula is C19H16F2N6O2S3. The third kappa shape index (κ3) is 4.75. The van der Waals surface area contributed by atoms with Gasteiger partial charge >= 0.3 is 0 Å². The van der Waals surface area contributed by atoms with Gasteiger partial charge in [0.25, 0.3) is 0 Å².